The van der Waals surface area contributed by atoms with Crippen LogP contribution in [0.15, 0.2) is 60.7 Å². The number of nitrogens with one attached hydrogen (secondary N) is 2. The standard InChI is InChI=1S/2C12H14N2O3/c2*1-8(9-6-4-3-5-7-9)17-11-10(15)13-12(16)14(11)2/h2*3-8,11H,1-2H3,(H,13,15,16)/t8-,11+;8-,11-/m00/s1. The minimum Gasteiger partial charge on any atom is -0.341 e. The summed E-state index contributed by atoms with van der Waals surface area (Å²) in [6, 6.07) is 18.2. The first-order chi connectivity index (χ1) is 16.2. The highest BCUT2D eigenvalue weighted by atomic mass is 16.5. The molecule has 0 aromatic heterocycles. The van der Waals surface area contributed by atoms with Crippen LogP contribution in [0.5, 0.6) is 0 Å². The van der Waals surface area contributed by atoms with Crippen molar-refractivity contribution in [1.82, 2.24) is 20.4 Å². The molecule has 2 heterocycles. The third-order valence-electron chi connectivity index (χ3n) is 5.46. The Balaban J connectivity index is 0.000000191. The Morgan fingerprint density at radius 2 is 0.971 bits per heavy atom. The highest BCUT2D eigenvalue weighted by Gasteiger charge is 2.38. The second-order valence-corrected chi connectivity index (χ2v) is 7.89. The molecule has 0 unspecified atom stereocenters. The van der Waals surface area contributed by atoms with Gasteiger partial charge in [0.2, 0.25) is 12.5 Å². The molecule has 34 heavy (non-hydrogen) atoms. The van der Waals surface area contributed by atoms with Crippen molar-refractivity contribution in [3.63, 3.8) is 0 Å². The van der Waals surface area contributed by atoms with Gasteiger partial charge in [-0.05, 0) is 25.0 Å². The molecule has 10 nitrogen and oxygen atoms in total. The van der Waals surface area contributed by atoms with Crippen molar-refractivity contribution in [2.75, 3.05) is 14.1 Å². The molecule has 2 fully saturated rings. The van der Waals surface area contributed by atoms with Gasteiger partial charge in [0.1, 0.15) is 0 Å². The number of amides is 6. The molecular weight excluding hydrogens is 440 g/mol. The Hall–Kier alpha value is -3.76. The van der Waals surface area contributed by atoms with Gasteiger partial charge in [-0.1, -0.05) is 60.7 Å². The highest BCUT2D eigenvalue weighted by molar-refractivity contribution is 6.03. The summed E-state index contributed by atoms with van der Waals surface area (Å²) in [7, 11) is 3.06. The molecule has 0 saturated carbocycles. The molecule has 2 saturated heterocycles. The predicted molar refractivity (Wildman–Crippen MR) is 122 cm³/mol. The smallest absolute Gasteiger partial charge is 0.326 e. The zero-order valence-electron chi connectivity index (χ0n) is 19.4. The van der Waals surface area contributed by atoms with Crippen LogP contribution in [0, 0.1) is 0 Å². The van der Waals surface area contributed by atoms with E-state index >= 15 is 0 Å². The maximum Gasteiger partial charge on any atom is 0.326 e. The first kappa shape index (κ1) is 24.9. The monoisotopic (exact) mass is 468 g/mol. The molecule has 2 aromatic carbocycles. The number of likely N-dealkylation sites (N-methyl/N-ethyl adjacent to an activating group) is 2. The van der Waals surface area contributed by atoms with Gasteiger partial charge in [0.15, 0.2) is 0 Å². The van der Waals surface area contributed by atoms with Gasteiger partial charge in [0.25, 0.3) is 11.8 Å². The Bertz CT molecular complexity index is 949. The number of nitrogens with zero attached hydrogens (tertiary/aromatic N) is 2. The van der Waals surface area contributed by atoms with Crippen LogP contribution < -0.4 is 10.6 Å². The third kappa shape index (κ3) is 5.77. The molecule has 0 aliphatic carbocycles. The van der Waals surface area contributed by atoms with E-state index in [0.717, 1.165) is 11.1 Å². The number of benzene rings is 2. The molecule has 0 bridgehead atoms. The lowest BCUT2D eigenvalue weighted by molar-refractivity contribution is -0.140. The zero-order chi connectivity index (χ0) is 24.8. The van der Waals surface area contributed by atoms with E-state index in [-0.39, 0.29) is 12.2 Å². The van der Waals surface area contributed by atoms with Crippen LogP contribution in [0.3, 0.4) is 0 Å². The van der Waals surface area contributed by atoms with Gasteiger partial charge in [-0.15, -0.1) is 0 Å². The summed E-state index contributed by atoms with van der Waals surface area (Å²) >= 11 is 0. The van der Waals surface area contributed by atoms with E-state index in [1.807, 2.05) is 74.5 Å². The Labute approximate surface area is 197 Å². The fourth-order valence-electron chi connectivity index (χ4n) is 3.37. The van der Waals surface area contributed by atoms with Crippen LogP contribution in [0.25, 0.3) is 0 Å². The molecule has 6 amide bonds. The van der Waals surface area contributed by atoms with Crippen molar-refractivity contribution in [3.05, 3.63) is 71.8 Å². The molecule has 10 heteroatoms. The number of urea groups is 2. The Morgan fingerprint density at radius 1 is 0.647 bits per heavy atom. The van der Waals surface area contributed by atoms with Crippen molar-refractivity contribution >= 4 is 23.9 Å². The van der Waals surface area contributed by atoms with Crippen molar-refractivity contribution in [1.29, 1.82) is 0 Å². The van der Waals surface area contributed by atoms with E-state index in [4.69, 9.17) is 9.47 Å². The van der Waals surface area contributed by atoms with E-state index in [9.17, 15) is 19.2 Å². The van der Waals surface area contributed by atoms with Gasteiger partial charge in [0, 0.05) is 14.1 Å². The fourth-order valence-corrected chi connectivity index (χ4v) is 3.37. The summed E-state index contributed by atoms with van der Waals surface area (Å²) in [5, 5.41) is 4.39. The predicted octanol–water partition coefficient (Wildman–Crippen LogP) is 2.54. The number of imide groups is 2. The molecular formula is C24H28N4O6. The van der Waals surface area contributed by atoms with Crippen molar-refractivity contribution < 1.29 is 28.7 Å². The first-order valence-electron chi connectivity index (χ1n) is 10.7. The van der Waals surface area contributed by atoms with Crippen LogP contribution in [0.2, 0.25) is 0 Å². The van der Waals surface area contributed by atoms with Crippen molar-refractivity contribution in [3.8, 4) is 0 Å². The fraction of sp³-hybridized carbons (Fsp3) is 0.333. The van der Waals surface area contributed by atoms with E-state index in [1.165, 1.54) is 23.9 Å². The van der Waals surface area contributed by atoms with E-state index in [1.54, 1.807) is 0 Å². The third-order valence-corrected chi connectivity index (χ3v) is 5.46. The molecule has 4 atom stereocenters. The van der Waals surface area contributed by atoms with Gasteiger partial charge in [-0.2, -0.15) is 0 Å². The number of rotatable bonds is 6. The van der Waals surface area contributed by atoms with Crippen molar-refractivity contribution in [2.45, 2.75) is 38.5 Å². The van der Waals surface area contributed by atoms with Crippen molar-refractivity contribution in [2.24, 2.45) is 0 Å². The lowest BCUT2D eigenvalue weighted by atomic mass is 10.1. The summed E-state index contributed by atoms with van der Waals surface area (Å²) in [5.74, 6) is -0.833. The Kier molecular flexibility index (Phi) is 7.98. The lowest BCUT2D eigenvalue weighted by Gasteiger charge is -2.21. The molecule has 0 spiro atoms. The number of carbonyl (C=O) groups is 4. The maximum absolute atomic E-state index is 11.5. The summed E-state index contributed by atoms with van der Waals surface area (Å²) in [6.45, 7) is 3.69. The number of ether oxygens (including phenoxy) is 2. The van der Waals surface area contributed by atoms with Crippen LogP contribution in [0.1, 0.15) is 37.2 Å². The summed E-state index contributed by atoms with van der Waals surface area (Å²) < 4.78 is 11.2. The molecule has 2 aliphatic rings. The lowest BCUT2D eigenvalue weighted by Crippen LogP contribution is -2.34. The van der Waals surface area contributed by atoms with Gasteiger partial charge >= 0.3 is 12.1 Å². The number of hydrogen-bond acceptors (Lipinski definition) is 6. The van der Waals surface area contributed by atoms with Crippen LogP contribution in [-0.2, 0) is 19.1 Å². The van der Waals surface area contributed by atoms with Gasteiger partial charge in [0.05, 0.1) is 12.2 Å². The molecule has 2 aliphatic heterocycles. The maximum atomic E-state index is 11.5. The van der Waals surface area contributed by atoms with Gasteiger partial charge < -0.3 is 9.47 Å². The normalized spacial score (nSPS) is 21.5. The summed E-state index contributed by atoms with van der Waals surface area (Å²) in [6.07, 6.45) is -2.20. The second kappa shape index (κ2) is 10.9. The zero-order valence-corrected chi connectivity index (χ0v) is 19.4. The molecule has 180 valence electrons. The van der Waals surface area contributed by atoms with Crippen LogP contribution >= 0.6 is 0 Å². The quantitative estimate of drug-likeness (QED) is 0.630. The minimum atomic E-state index is -0.849. The van der Waals surface area contributed by atoms with Gasteiger partial charge in [-0.3, -0.25) is 30.0 Å². The number of carbonyl (C=O) groups excluding carboxylic acids is 4. The van der Waals surface area contributed by atoms with E-state index < -0.39 is 36.3 Å². The number of hydrogen-bond donors (Lipinski definition) is 2. The topological polar surface area (TPSA) is 117 Å². The summed E-state index contributed by atoms with van der Waals surface area (Å²) in [4.78, 5) is 47.9. The minimum absolute atomic E-state index is 0.250. The largest absolute Gasteiger partial charge is 0.341 e. The first-order valence-corrected chi connectivity index (χ1v) is 10.7. The summed E-state index contributed by atoms with van der Waals surface area (Å²) in [5.41, 5.74) is 1.93. The van der Waals surface area contributed by atoms with Crippen LogP contribution in [0.4, 0.5) is 9.59 Å². The average molecular weight is 469 g/mol. The van der Waals surface area contributed by atoms with Crippen LogP contribution in [-0.4, -0.2) is 60.2 Å². The average Bonchev–Trinajstić information content (AvgIpc) is 3.23. The molecule has 0 radical (unpaired) electrons. The van der Waals surface area contributed by atoms with E-state index in [2.05, 4.69) is 10.6 Å². The SMILES string of the molecule is C[C@H](O[C@@H]1C(=O)NC(=O)N1C)c1ccccc1.C[C@H](O[C@H]1C(=O)NC(=O)N1C)c1ccccc1. The molecule has 4 rings (SSSR count). The second-order valence-electron chi connectivity index (χ2n) is 7.89. The Morgan fingerprint density at radius 3 is 1.24 bits per heavy atom. The molecule has 2 N–H and O–H groups in total. The van der Waals surface area contributed by atoms with E-state index in [0.29, 0.717) is 0 Å². The van der Waals surface area contributed by atoms with Gasteiger partial charge in [-0.25, -0.2) is 9.59 Å². The molecule has 2 aromatic rings. The highest BCUT2D eigenvalue weighted by Crippen LogP contribution is 2.22.